The van der Waals surface area contributed by atoms with E-state index in [0.29, 0.717) is 13.2 Å². The lowest BCUT2D eigenvalue weighted by atomic mass is 10.1. The molecule has 1 saturated heterocycles. The van der Waals surface area contributed by atoms with Gasteiger partial charge in [-0.05, 0) is 43.3 Å². The van der Waals surface area contributed by atoms with Crippen LogP contribution >= 0.6 is 0 Å². The Labute approximate surface area is 161 Å². The van der Waals surface area contributed by atoms with Crippen molar-refractivity contribution >= 4 is 23.3 Å². The summed E-state index contributed by atoms with van der Waals surface area (Å²) in [5.41, 5.74) is 0.257. The van der Waals surface area contributed by atoms with Crippen molar-refractivity contribution in [3.63, 3.8) is 0 Å². The number of halogens is 2. The van der Waals surface area contributed by atoms with Crippen LogP contribution < -0.4 is 20.3 Å². The number of nitrogens with one attached hydrogen (secondary N) is 2. The number of ether oxygens (including phenoxy) is 1. The van der Waals surface area contributed by atoms with Crippen molar-refractivity contribution < 1.29 is 23.1 Å². The molecular weight excluding hydrogens is 368 g/mol. The lowest BCUT2D eigenvalue weighted by Crippen LogP contribution is -2.34. The number of anilines is 2. The first-order chi connectivity index (χ1) is 13.5. The number of hydrogen-bond donors (Lipinski definition) is 2. The van der Waals surface area contributed by atoms with E-state index in [1.807, 2.05) is 19.1 Å². The molecule has 1 unspecified atom stereocenters. The van der Waals surface area contributed by atoms with Gasteiger partial charge in [0, 0.05) is 31.1 Å². The Hall–Kier alpha value is -3.16. The molecule has 1 aliphatic rings. The molecule has 6 nitrogen and oxygen atoms in total. The molecule has 8 heteroatoms. The monoisotopic (exact) mass is 389 g/mol. The molecular formula is C20H21F2N3O3. The van der Waals surface area contributed by atoms with Crippen LogP contribution in [0.15, 0.2) is 42.5 Å². The number of nitrogens with zero attached hydrogens (tertiary/aromatic N) is 1. The van der Waals surface area contributed by atoms with Crippen molar-refractivity contribution in [2.75, 3.05) is 29.9 Å². The molecule has 0 saturated carbocycles. The van der Waals surface area contributed by atoms with E-state index in [9.17, 15) is 18.4 Å². The fourth-order valence-corrected chi connectivity index (χ4v) is 3.07. The zero-order valence-electron chi connectivity index (χ0n) is 15.4. The molecule has 1 atom stereocenters. The molecule has 1 aliphatic heterocycles. The number of rotatable bonds is 6. The second kappa shape index (κ2) is 8.69. The second-order valence-corrected chi connectivity index (χ2v) is 6.43. The Morgan fingerprint density at radius 2 is 1.86 bits per heavy atom. The van der Waals surface area contributed by atoms with Crippen molar-refractivity contribution in [1.29, 1.82) is 0 Å². The van der Waals surface area contributed by atoms with Crippen LogP contribution in [0.25, 0.3) is 0 Å². The van der Waals surface area contributed by atoms with Crippen molar-refractivity contribution in [2.24, 2.45) is 5.92 Å². The first-order valence-corrected chi connectivity index (χ1v) is 9.00. The molecule has 0 bridgehead atoms. The van der Waals surface area contributed by atoms with Crippen LogP contribution in [0.1, 0.15) is 13.3 Å². The molecule has 0 aromatic heterocycles. The third-order valence-corrected chi connectivity index (χ3v) is 4.42. The number of carbonyl (C=O) groups excluding carboxylic acids is 2. The molecule has 1 fully saturated rings. The number of amides is 3. The van der Waals surface area contributed by atoms with E-state index in [4.69, 9.17) is 4.74 Å². The highest BCUT2D eigenvalue weighted by molar-refractivity contribution is 5.96. The smallest absolute Gasteiger partial charge is 0.319 e. The first-order valence-electron chi connectivity index (χ1n) is 9.00. The highest BCUT2D eigenvalue weighted by Crippen LogP contribution is 2.26. The third-order valence-electron chi connectivity index (χ3n) is 4.42. The fourth-order valence-electron chi connectivity index (χ4n) is 3.07. The van der Waals surface area contributed by atoms with Crippen molar-refractivity contribution in [2.45, 2.75) is 13.3 Å². The molecule has 1 heterocycles. The predicted octanol–water partition coefficient (Wildman–Crippen LogP) is 3.54. The van der Waals surface area contributed by atoms with Crippen molar-refractivity contribution in [1.82, 2.24) is 5.32 Å². The molecule has 0 aliphatic carbocycles. The van der Waals surface area contributed by atoms with Gasteiger partial charge in [-0.15, -0.1) is 0 Å². The maximum atomic E-state index is 13.6. The van der Waals surface area contributed by atoms with Crippen LogP contribution in [-0.4, -0.2) is 31.6 Å². The van der Waals surface area contributed by atoms with Crippen LogP contribution in [0, 0.1) is 17.6 Å². The summed E-state index contributed by atoms with van der Waals surface area (Å²) in [5.74, 6) is -1.12. The Kier molecular flexibility index (Phi) is 6.08. The summed E-state index contributed by atoms with van der Waals surface area (Å²) in [6.07, 6.45) is 0.279. The van der Waals surface area contributed by atoms with E-state index in [-0.39, 0.29) is 24.8 Å². The zero-order valence-corrected chi connectivity index (χ0v) is 15.4. The molecule has 0 spiro atoms. The summed E-state index contributed by atoms with van der Waals surface area (Å²) in [7, 11) is 0. The molecule has 0 radical (unpaired) electrons. The van der Waals surface area contributed by atoms with E-state index in [1.54, 1.807) is 17.0 Å². The minimum Gasteiger partial charge on any atom is -0.494 e. The van der Waals surface area contributed by atoms with Gasteiger partial charge in [-0.3, -0.25) is 4.79 Å². The van der Waals surface area contributed by atoms with Crippen LogP contribution in [0.4, 0.5) is 25.0 Å². The quantitative estimate of drug-likeness (QED) is 0.794. The standard InChI is InChI=1S/C20H21F2N3O3/c1-2-28-15-8-6-14(7-9-15)25-12-13(10-18(25)26)11-23-20(27)24-19-16(21)4-3-5-17(19)22/h3-9,13H,2,10-12H2,1H3,(H2,23,24,27). The topological polar surface area (TPSA) is 70.7 Å². The lowest BCUT2D eigenvalue weighted by Gasteiger charge is -2.17. The largest absolute Gasteiger partial charge is 0.494 e. The maximum Gasteiger partial charge on any atom is 0.319 e. The van der Waals surface area contributed by atoms with Crippen LogP contribution in [0.2, 0.25) is 0 Å². The zero-order chi connectivity index (χ0) is 20.1. The van der Waals surface area contributed by atoms with Gasteiger partial charge in [0.05, 0.1) is 6.61 Å². The second-order valence-electron chi connectivity index (χ2n) is 6.43. The third kappa shape index (κ3) is 4.57. The average molecular weight is 389 g/mol. The van der Waals surface area contributed by atoms with E-state index in [2.05, 4.69) is 10.6 Å². The summed E-state index contributed by atoms with van der Waals surface area (Å²) < 4.78 is 32.5. The highest BCUT2D eigenvalue weighted by Gasteiger charge is 2.30. The predicted molar refractivity (Wildman–Crippen MR) is 101 cm³/mol. The Morgan fingerprint density at radius 3 is 2.50 bits per heavy atom. The molecule has 2 aromatic carbocycles. The van der Waals surface area contributed by atoms with Gasteiger partial charge < -0.3 is 20.3 Å². The van der Waals surface area contributed by atoms with Crippen LogP contribution in [0.3, 0.4) is 0 Å². The number of urea groups is 1. The van der Waals surface area contributed by atoms with Crippen LogP contribution in [-0.2, 0) is 4.79 Å². The highest BCUT2D eigenvalue weighted by atomic mass is 19.1. The maximum absolute atomic E-state index is 13.6. The summed E-state index contributed by atoms with van der Waals surface area (Å²) in [5, 5.41) is 4.73. The number of para-hydroxylation sites is 1. The van der Waals surface area contributed by atoms with E-state index < -0.39 is 23.4 Å². The minimum atomic E-state index is -0.854. The molecule has 28 heavy (non-hydrogen) atoms. The van der Waals surface area contributed by atoms with Gasteiger partial charge in [-0.2, -0.15) is 0 Å². The number of carbonyl (C=O) groups is 2. The first kappa shape index (κ1) is 19.6. The summed E-state index contributed by atoms with van der Waals surface area (Å²) in [6, 6.07) is 9.83. The molecule has 148 valence electrons. The Morgan fingerprint density at radius 1 is 1.18 bits per heavy atom. The fraction of sp³-hybridized carbons (Fsp3) is 0.300. The summed E-state index contributed by atoms with van der Waals surface area (Å²) in [4.78, 5) is 25.9. The van der Waals surface area contributed by atoms with Gasteiger partial charge >= 0.3 is 6.03 Å². The van der Waals surface area contributed by atoms with Gasteiger partial charge in [-0.1, -0.05) is 6.07 Å². The van der Waals surface area contributed by atoms with Crippen LogP contribution in [0.5, 0.6) is 5.75 Å². The summed E-state index contributed by atoms with van der Waals surface area (Å²) >= 11 is 0. The average Bonchev–Trinajstić information content (AvgIpc) is 3.05. The van der Waals surface area contributed by atoms with Gasteiger partial charge in [0.1, 0.15) is 23.1 Å². The SMILES string of the molecule is CCOc1ccc(N2CC(CNC(=O)Nc3c(F)cccc3F)CC2=O)cc1. The van der Waals surface area contributed by atoms with Gasteiger partial charge in [0.25, 0.3) is 0 Å². The molecule has 3 rings (SSSR count). The van der Waals surface area contributed by atoms with E-state index in [1.165, 1.54) is 6.07 Å². The Balaban J connectivity index is 1.53. The van der Waals surface area contributed by atoms with E-state index >= 15 is 0 Å². The molecule has 3 amide bonds. The normalized spacial score (nSPS) is 16.2. The van der Waals surface area contributed by atoms with E-state index in [0.717, 1.165) is 23.6 Å². The molecule has 2 aromatic rings. The van der Waals surface area contributed by atoms with Crippen molar-refractivity contribution in [3.05, 3.63) is 54.1 Å². The Bertz CT molecular complexity index is 838. The van der Waals surface area contributed by atoms with Gasteiger partial charge in [0.2, 0.25) is 5.91 Å². The lowest BCUT2D eigenvalue weighted by molar-refractivity contribution is -0.117. The van der Waals surface area contributed by atoms with Crippen molar-refractivity contribution in [3.8, 4) is 5.75 Å². The minimum absolute atomic E-state index is 0.0449. The summed E-state index contributed by atoms with van der Waals surface area (Å²) in [6.45, 7) is 3.11. The van der Waals surface area contributed by atoms with Gasteiger partial charge in [0.15, 0.2) is 0 Å². The van der Waals surface area contributed by atoms with Gasteiger partial charge in [-0.25, -0.2) is 13.6 Å². The number of hydrogen-bond acceptors (Lipinski definition) is 3. The number of benzene rings is 2. The molecule has 2 N–H and O–H groups in total.